The number of hydrogen-bond donors (Lipinski definition) is 1. The van der Waals surface area contributed by atoms with Crippen LogP contribution in [0.5, 0.6) is 0 Å². The van der Waals surface area contributed by atoms with Gasteiger partial charge < -0.3 is 9.84 Å². The lowest BCUT2D eigenvalue weighted by atomic mass is 9.78. The molecule has 0 bridgehead atoms. The Hall–Kier alpha value is -1.20. The van der Waals surface area contributed by atoms with E-state index in [1.807, 2.05) is 12.1 Å². The van der Waals surface area contributed by atoms with Gasteiger partial charge in [-0.1, -0.05) is 28.0 Å². The molecule has 1 aliphatic heterocycles. The summed E-state index contributed by atoms with van der Waals surface area (Å²) in [6.45, 7) is 6.26. The molecule has 0 radical (unpaired) electrons. The molecule has 5 heteroatoms. The topological polar surface area (TPSA) is 51.0 Å². The van der Waals surface area contributed by atoms with Gasteiger partial charge in [-0.2, -0.15) is 4.98 Å². The number of rotatable bonds is 3. The molecule has 21 heavy (non-hydrogen) atoms. The summed E-state index contributed by atoms with van der Waals surface area (Å²) in [5, 5.41) is 7.67. The number of halogens is 1. The first kappa shape index (κ1) is 14.7. The summed E-state index contributed by atoms with van der Waals surface area (Å²) < 4.78 is 6.69. The van der Waals surface area contributed by atoms with E-state index in [9.17, 15) is 0 Å². The molecule has 0 saturated carbocycles. The molecule has 1 aliphatic rings. The third-order valence-electron chi connectivity index (χ3n) is 4.46. The Kier molecular flexibility index (Phi) is 4.13. The lowest BCUT2D eigenvalue weighted by Crippen LogP contribution is -2.43. The second-order valence-electron chi connectivity index (χ2n) is 5.80. The first-order chi connectivity index (χ1) is 10.1. The van der Waals surface area contributed by atoms with Gasteiger partial charge in [-0.3, -0.25) is 0 Å². The van der Waals surface area contributed by atoms with E-state index in [2.05, 4.69) is 46.3 Å². The number of piperidine rings is 1. The molecule has 4 nitrogen and oxygen atoms in total. The fourth-order valence-corrected chi connectivity index (χ4v) is 3.51. The van der Waals surface area contributed by atoms with Crippen molar-refractivity contribution in [1.29, 1.82) is 0 Å². The maximum Gasteiger partial charge on any atom is 0.234 e. The van der Waals surface area contributed by atoms with E-state index in [4.69, 9.17) is 9.51 Å². The molecule has 1 aromatic carbocycles. The van der Waals surface area contributed by atoms with Gasteiger partial charge in [0.1, 0.15) is 0 Å². The molecule has 1 unspecified atom stereocenters. The van der Waals surface area contributed by atoms with E-state index in [-0.39, 0.29) is 5.41 Å². The van der Waals surface area contributed by atoms with Gasteiger partial charge in [-0.25, -0.2) is 0 Å². The van der Waals surface area contributed by atoms with Crippen LogP contribution >= 0.6 is 15.9 Å². The maximum absolute atomic E-state index is 5.63. The fraction of sp³-hybridized carbons (Fsp3) is 0.500. The Bertz CT molecular complexity index is 632. The van der Waals surface area contributed by atoms with Crippen LogP contribution in [0.2, 0.25) is 0 Å². The summed E-state index contributed by atoms with van der Waals surface area (Å²) in [7, 11) is 0. The molecule has 0 aliphatic carbocycles. The van der Waals surface area contributed by atoms with Gasteiger partial charge in [0, 0.05) is 16.6 Å². The lowest BCUT2D eigenvalue weighted by molar-refractivity contribution is 0.221. The van der Waals surface area contributed by atoms with E-state index in [0.717, 1.165) is 53.8 Å². The normalized spacial score (nSPS) is 22.4. The minimum atomic E-state index is -0.00717. The zero-order valence-electron chi connectivity index (χ0n) is 12.4. The van der Waals surface area contributed by atoms with Gasteiger partial charge in [0.15, 0.2) is 0 Å². The van der Waals surface area contributed by atoms with Crippen LogP contribution in [-0.2, 0) is 5.41 Å². The second kappa shape index (κ2) is 5.89. The number of aromatic nitrogens is 2. The number of aryl methyl sites for hydroxylation is 1. The molecule has 0 spiro atoms. The molecule has 2 aromatic rings. The molecule has 0 amide bonds. The van der Waals surface area contributed by atoms with E-state index in [1.165, 1.54) is 0 Å². The van der Waals surface area contributed by atoms with Crippen molar-refractivity contribution in [3.05, 3.63) is 34.1 Å². The van der Waals surface area contributed by atoms with Crippen LogP contribution in [0.1, 0.15) is 37.6 Å². The summed E-state index contributed by atoms with van der Waals surface area (Å²) >= 11 is 3.48. The molecular weight excluding hydrogens is 330 g/mol. The van der Waals surface area contributed by atoms with Crippen molar-refractivity contribution in [3.8, 4) is 11.4 Å². The Labute approximate surface area is 133 Å². The lowest BCUT2D eigenvalue weighted by Gasteiger charge is -2.33. The van der Waals surface area contributed by atoms with Crippen LogP contribution in [0.25, 0.3) is 11.4 Å². The van der Waals surface area contributed by atoms with E-state index in [0.29, 0.717) is 5.82 Å². The zero-order valence-corrected chi connectivity index (χ0v) is 14.0. The summed E-state index contributed by atoms with van der Waals surface area (Å²) in [5.41, 5.74) is 2.17. The van der Waals surface area contributed by atoms with Crippen molar-refractivity contribution in [2.75, 3.05) is 13.1 Å². The molecule has 112 valence electrons. The second-order valence-corrected chi connectivity index (χ2v) is 6.71. The smallest absolute Gasteiger partial charge is 0.234 e. The number of hydrogen-bond acceptors (Lipinski definition) is 4. The monoisotopic (exact) mass is 349 g/mol. The minimum Gasteiger partial charge on any atom is -0.338 e. The van der Waals surface area contributed by atoms with E-state index >= 15 is 0 Å². The van der Waals surface area contributed by atoms with Crippen LogP contribution in [0.3, 0.4) is 0 Å². The molecule has 1 atom stereocenters. The SMILES string of the molecule is CCC1(c2nc(-c3ccc(Br)cc3C)no2)CCCNC1. The first-order valence-corrected chi connectivity index (χ1v) is 8.25. The molecule has 1 saturated heterocycles. The van der Waals surface area contributed by atoms with E-state index in [1.54, 1.807) is 0 Å². The standard InChI is InChI=1S/C16H20BrN3O/c1-3-16(7-4-8-18-10-16)15-19-14(20-21-15)13-6-5-12(17)9-11(13)2/h5-6,9,18H,3-4,7-8,10H2,1-2H3. The Morgan fingerprint density at radius 3 is 2.95 bits per heavy atom. The van der Waals surface area contributed by atoms with Gasteiger partial charge in [0.25, 0.3) is 0 Å². The first-order valence-electron chi connectivity index (χ1n) is 7.46. The zero-order chi connectivity index (χ0) is 14.9. The highest BCUT2D eigenvalue weighted by Crippen LogP contribution is 2.35. The van der Waals surface area contributed by atoms with E-state index < -0.39 is 0 Å². The van der Waals surface area contributed by atoms with Crippen molar-refractivity contribution < 1.29 is 4.52 Å². The minimum absolute atomic E-state index is 0.00717. The highest BCUT2D eigenvalue weighted by Gasteiger charge is 2.37. The highest BCUT2D eigenvalue weighted by atomic mass is 79.9. The van der Waals surface area contributed by atoms with Gasteiger partial charge >= 0.3 is 0 Å². The van der Waals surface area contributed by atoms with Gasteiger partial charge in [-0.15, -0.1) is 0 Å². The summed E-state index contributed by atoms with van der Waals surface area (Å²) in [6, 6.07) is 6.12. The van der Waals surface area contributed by atoms with Crippen molar-refractivity contribution >= 4 is 15.9 Å². The Morgan fingerprint density at radius 2 is 2.29 bits per heavy atom. The van der Waals surface area contributed by atoms with Crippen molar-refractivity contribution in [3.63, 3.8) is 0 Å². The predicted octanol–water partition coefficient (Wildman–Crippen LogP) is 3.84. The van der Waals surface area contributed by atoms with Crippen LogP contribution < -0.4 is 5.32 Å². The molecule has 1 aromatic heterocycles. The van der Waals surface area contributed by atoms with Gasteiger partial charge in [-0.05, 0) is 56.5 Å². The molecule has 2 heterocycles. The summed E-state index contributed by atoms with van der Waals surface area (Å²) in [5.74, 6) is 1.46. The van der Waals surface area contributed by atoms with Crippen LogP contribution in [0, 0.1) is 6.92 Å². The van der Waals surface area contributed by atoms with Crippen LogP contribution in [0.4, 0.5) is 0 Å². The average Bonchev–Trinajstić information content (AvgIpc) is 2.98. The Balaban J connectivity index is 1.95. The molecular formula is C16H20BrN3O. The quantitative estimate of drug-likeness (QED) is 0.914. The molecule has 3 rings (SSSR count). The average molecular weight is 350 g/mol. The Morgan fingerprint density at radius 1 is 1.43 bits per heavy atom. The highest BCUT2D eigenvalue weighted by molar-refractivity contribution is 9.10. The third kappa shape index (κ3) is 2.77. The van der Waals surface area contributed by atoms with Gasteiger partial charge in [0.05, 0.1) is 5.41 Å². The third-order valence-corrected chi connectivity index (χ3v) is 4.95. The van der Waals surface area contributed by atoms with Crippen molar-refractivity contribution in [2.24, 2.45) is 0 Å². The summed E-state index contributed by atoms with van der Waals surface area (Å²) in [4.78, 5) is 4.70. The maximum atomic E-state index is 5.63. The summed E-state index contributed by atoms with van der Waals surface area (Å²) in [6.07, 6.45) is 3.28. The number of benzene rings is 1. The fourth-order valence-electron chi connectivity index (χ4n) is 3.03. The van der Waals surface area contributed by atoms with Crippen molar-refractivity contribution in [2.45, 2.75) is 38.5 Å². The van der Waals surface area contributed by atoms with Crippen LogP contribution in [-0.4, -0.2) is 23.2 Å². The van der Waals surface area contributed by atoms with Crippen LogP contribution in [0.15, 0.2) is 27.2 Å². The number of nitrogens with one attached hydrogen (secondary N) is 1. The number of nitrogens with zero attached hydrogens (tertiary/aromatic N) is 2. The predicted molar refractivity (Wildman–Crippen MR) is 86.2 cm³/mol. The molecule has 1 fully saturated rings. The molecule has 1 N–H and O–H groups in total. The largest absolute Gasteiger partial charge is 0.338 e. The van der Waals surface area contributed by atoms with Crippen molar-refractivity contribution in [1.82, 2.24) is 15.5 Å². The van der Waals surface area contributed by atoms with Gasteiger partial charge in [0.2, 0.25) is 11.7 Å².